The van der Waals surface area contributed by atoms with E-state index in [0.717, 1.165) is 16.5 Å². The summed E-state index contributed by atoms with van der Waals surface area (Å²) in [6, 6.07) is 3.69. The van der Waals surface area contributed by atoms with Gasteiger partial charge in [0.15, 0.2) is 11.5 Å². The highest BCUT2D eigenvalue weighted by molar-refractivity contribution is 9.10. The number of hydrogen-bond acceptors (Lipinski definition) is 5. The van der Waals surface area contributed by atoms with Crippen LogP contribution in [0.2, 0.25) is 0 Å². The molecule has 8 heteroatoms. The third-order valence-electron chi connectivity index (χ3n) is 3.33. The standard InChI is InChI=1S/C15H13Br2NO4.BrH/c1-2-20-15(19)13-9(7-16)8-5-11-12(22-4-3-21-11)6-10(8)18-14(13)17;/h5-6H,2-4,7H2,1H3;1H. The molecule has 5 nitrogen and oxygen atoms in total. The summed E-state index contributed by atoms with van der Waals surface area (Å²) in [6.45, 7) is 3.12. The highest BCUT2D eigenvalue weighted by Crippen LogP contribution is 2.38. The van der Waals surface area contributed by atoms with Crippen molar-refractivity contribution in [3.63, 3.8) is 0 Å². The van der Waals surface area contributed by atoms with Gasteiger partial charge in [0.2, 0.25) is 0 Å². The predicted molar refractivity (Wildman–Crippen MR) is 99.3 cm³/mol. The van der Waals surface area contributed by atoms with Crippen molar-refractivity contribution in [1.82, 2.24) is 4.98 Å². The number of halogens is 3. The summed E-state index contributed by atoms with van der Waals surface area (Å²) in [5, 5.41) is 1.34. The van der Waals surface area contributed by atoms with Crippen molar-refractivity contribution in [2.75, 3.05) is 19.8 Å². The summed E-state index contributed by atoms with van der Waals surface area (Å²) in [4.78, 5) is 16.7. The molecule has 1 aliphatic rings. The lowest BCUT2D eigenvalue weighted by atomic mass is 10.0. The zero-order chi connectivity index (χ0) is 15.7. The first-order chi connectivity index (χ1) is 10.7. The molecular weight excluding hydrogens is 498 g/mol. The quantitative estimate of drug-likeness (QED) is 0.347. The van der Waals surface area contributed by atoms with E-state index in [1.807, 2.05) is 12.1 Å². The van der Waals surface area contributed by atoms with Gasteiger partial charge in [-0.05, 0) is 34.5 Å². The summed E-state index contributed by atoms with van der Waals surface area (Å²) < 4.78 is 16.8. The Morgan fingerprint density at radius 2 is 1.96 bits per heavy atom. The Hall–Kier alpha value is -0.860. The van der Waals surface area contributed by atoms with Crippen molar-refractivity contribution in [3.05, 3.63) is 27.9 Å². The number of benzene rings is 1. The molecule has 0 saturated heterocycles. The zero-order valence-corrected chi connectivity index (χ0v) is 17.1. The first-order valence-corrected chi connectivity index (χ1v) is 8.72. The molecule has 1 aromatic heterocycles. The van der Waals surface area contributed by atoms with Gasteiger partial charge in [-0.3, -0.25) is 0 Å². The minimum absolute atomic E-state index is 0. The van der Waals surface area contributed by atoms with Crippen molar-refractivity contribution in [2.45, 2.75) is 12.3 Å². The van der Waals surface area contributed by atoms with E-state index in [4.69, 9.17) is 14.2 Å². The second kappa shape index (κ2) is 7.81. The van der Waals surface area contributed by atoms with Gasteiger partial charge in [0, 0.05) is 16.8 Å². The summed E-state index contributed by atoms with van der Waals surface area (Å²) >= 11 is 6.82. The van der Waals surface area contributed by atoms with Crippen LogP contribution < -0.4 is 9.47 Å². The van der Waals surface area contributed by atoms with Crippen molar-refractivity contribution >= 4 is 65.7 Å². The Morgan fingerprint density at radius 3 is 2.57 bits per heavy atom. The van der Waals surface area contributed by atoms with E-state index in [2.05, 4.69) is 36.8 Å². The van der Waals surface area contributed by atoms with Crippen LogP contribution in [0.1, 0.15) is 22.8 Å². The maximum atomic E-state index is 12.2. The van der Waals surface area contributed by atoms with Gasteiger partial charge in [0.1, 0.15) is 17.8 Å². The number of esters is 1. The molecule has 1 aromatic carbocycles. The highest BCUT2D eigenvalue weighted by Gasteiger charge is 2.23. The minimum Gasteiger partial charge on any atom is -0.486 e. The van der Waals surface area contributed by atoms with E-state index in [9.17, 15) is 4.79 Å². The Labute approximate surface area is 160 Å². The van der Waals surface area contributed by atoms with Crippen molar-refractivity contribution < 1.29 is 19.0 Å². The van der Waals surface area contributed by atoms with Crippen LogP contribution in [0.25, 0.3) is 10.9 Å². The first-order valence-electron chi connectivity index (χ1n) is 6.80. The molecule has 0 atom stereocenters. The van der Waals surface area contributed by atoms with Gasteiger partial charge in [-0.1, -0.05) is 15.9 Å². The number of carbonyl (C=O) groups excluding carboxylic acids is 1. The third kappa shape index (κ3) is 3.49. The fourth-order valence-corrected chi connectivity index (χ4v) is 3.56. The van der Waals surface area contributed by atoms with Gasteiger partial charge < -0.3 is 14.2 Å². The van der Waals surface area contributed by atoms with Gasteiger partial charge in [-0.25, -0.2) is 9.78 Å². The number of carbonyl (C=O) groups is 1. The summed E-state index contributed by atoms with van der Waals surface area (Å²) in [6.07, 6.45) is 0. The summed E-state index contributed by atoms with van der Waals surface area (Å²) in [7, 11) is 0. The minimum atomic E-state index is -0.395. The fraction of sp³-hybridized carbons (Fsp3) is 0.333. The summed E-state index contributed by atoms with van der Waals surface area (Å²) in [5.41, 5.74) is 1.98. The zero-order valence-electron chi connectivity index (χ0n) is 12.2. The van der Waals surface area contributed by atoms with Gasteiger partial charge in [-0.2, -0.15) is 0 Å². The summed E-state index contributed by atoms with van der Waals surface area (Å²) in [5.74, 6) is 0.940. The maximum absolute atomic E-state index is 12.2. The van der Waals surface area contributed by atoms with Crippen LogP contribution in [0.4, 0.5) is 0 Å². The maximum Gasteiger partial charge on any atom is 0.341 e. The fourth-order valence-electron chi connectivity index (χ4n) is 2.38. The Morgan fingerprint density at radius 1 is 1.30 bits per heavy atom. The van der Waals surface area contributed by atoms with Crippen molar-refractivity contribution in [2.24, 2.45) is 0 Å². The van der Waals surface area contributed by atoms with Crippen LogP contribution in [-0.4, -0.2) is 30.8 Å². The third-order valence-corrected chi connectivity index (χ3v) is 4.46. The smallest absolute Gasteiger partial charge is 0.341 e. The monoisotopic (exact) mass is 509 g/mol. The molecule has 2 heterocycles. The number of aromatic nitrogens is 1. The number of fused-ring (bicyclic) bond motifs is 2. The molecule has 0 fully saturated rings. The van der Waals surface area contributed by atoms with Crippen molar-refractivity contribution in [1.29, 1.82) is 0 Å². The number of nitrogens with zero attached hydrogens (tertiary/aromatic N) is 1. The second-order valence-electron chi connectivity index (χ2n) is 4.62. The van der Waals surface area contributed by atoms with E-state index < -0.39 is 5.97 Å². The largest absolute Gasteiger partial charge is 0.486 e. The van der Waals surface area contributed by atoms with E-state index in [1.54, 1.807) is 6.92 Å². The number of alkyl halides is 1. The average molecular weight is 512 g/mol. The predicted octanol–water partition coefficient (Wildman–Crippen LogP) is 4.42. The van der Waals surface area contributed by atoms with Crippen LogP contribution in [0.5, 0.6) is 11.5 Å². The molecular formula is C15H14Br3NO4. The Balaban J connectivity index is 0.00000192. The lowest BCUT2D eigenvalue weighted by molar-refractivity contribution is 0.0524. The van der Waals surface area contributed by atoms with E-state index >= 15 is 0 Å². The normalized spacial score (nSPS) is 12.7. The van der Waals surface area contributed by atoms with Crippen LogP contribution in [0.3, 0.4) is 0 Å². The van der Waals surface area contributed by atoms with Crippen molar-refractivity contribution in [3.8, 4) is 11.5 Å². The first kappa shape index (κ1) is 18.5. The number of ether oxygens (including phenoxy) is 3. The average Bonchev–Trinajstić information content (AvgIpc) is 2.51. The second-order valence-corrected chi connectivity index (χ2v) is 5.94. The Kier molecular flexibility index (Phi) is 6.27. The highest BCUT2D eigenvalue weighted by atomic mass is 79.9. The molecule has 0 bridgehead atoms. The molecule has 124 valence electrons. The molecule has 0 aliphatic carbocycles. The Bertz CT molecular complexity index is 751. The molecule has 3 rings (SSSR count). The molecule has 0 unspecified atom stereocenters. The van der Waals surface area contributed by atoms with Crippen LogP contribution >= 0.6 is 48.8 Å². The van der Waals surface area contributed by atoms with Crippen LogP contribution in [0, 0.1) is 0 Å². The molecule has 0 radical (unpaired) electrons. The molecule has 2 aromatic rings. The molecule has 0 N–H and O–H groups in total. The van der Waals surface area contributed by atoms with E-state index in [-0.39, 0.29) is 17.0 Å². The molecule has 0 spiro atoms. The van der Waals surface area contributed by atoms with Gasteiger partial charge in [-0.15, -0.1) is 17.0 Å². The van der Waals surface area contributed by atoms with E-state index in [0.29, 0.717) is 46.8 Å². The molecule has 23 heavy (non-hydrogen) atoms. The van der Waals surface area contributed by atoms with Gasteiger partial charge >= 0.3 is 5.97 Å². The lowest BCUT2D eigenvalue weighted by Crippen LogP contribution is -2.16. The number of rotatable bonds is 3. The topological polar surface area (TPSA) is 57.7 Å². The van der Waals surface area contributed by atoms with Crippen LogP contribution in [0.15, 0.2) is 16.7 Å². The number of pyridine rings is 1. The SMILES string of the molecule is Br.CCOC(=O)c1c(Br)nc2cc3c(cc2c1CBr)OCCO3. The van der Waals surface area contributed by atoms with E-state index in [1.165, 1.54) is 0 Å². The molecule has 0 saturated carbocycles. The lowest BCUT2D eigenvalue weighted by Gasteiger charge is -2.20. The van der Waals surface area contributed by atoms with Gasteiger partial charge in [0.25, 0.3) is 0 Å². The number of hydrogen-bond donors (Lipinski definition) is 0. The van der Waals surface area contributed by atoms with Crippen LogP contribution in [-0.2, 0) is 10.1 Å². The van der Waals surface area contributed by atoms with Gasteiger partial charge in [0.05, 0.1) is 17.7 Å². The molecule has 1 aliphatic heterocycles. The molecule has 0 amide bonds.